The molecule has 1 atom stereocenters. The fourth-order valence-corrected chi connectivity index (χ4v) is 4.42. The number of nitrogens with one attached hydrogen (secondary N) is 1. The average Bonchev–Trinajstić information content (AvgIpc) is 3.32. The Balaban J connectivity index is 1.23. The van der Waals surface area contributed by atoms with Crippen LogP contribution < -0.4 is 10.1 Å². The number of fused-ring (bicyclic) bond motifs is 1. The molecular formula is C24H25N3O5. The molecule has 32 heavy (non-hydrogen) atoms. The van der Waals surface area contributed by atoms with Gasteiger partial charge in [-0.1, -0.05) is 30.3 Å². The number of nitrogens with zero attached hydrogens (tertiary/aromatic N) is 2. The van der Waals surface area contributed by atoms with Crippen molar-refractivity contribution in [2.45, 2.75) is 32.2 Å². The van der Waals surface area contributed by atoms with Crippen LogP contribution in [0.15, 0.2) is 42.5 Å². The Morgan fingerprint density at radius 1 is 1.00 bits per heavy atom. The van der Waals surface area contributed by atoms with Crippen LogP contribution in [0.4, 0.5) is 0 Å². The minimum absolute atomic E-state index is 0.00551. The number of carbonyl (C=O) groups is 3. The second-order valence-electron chi connectivity index (χ2n) is 8.34. The van der Waals surface area contributed by atoms with Crippen molar-refractivity contribution in [3.63, 3.8) is 0 Å². The average molecular weight is 435 g/mol. The van der Waals surface area contributed by atoms with Gasteiger partial charge in [-0.05, 0) is 23.3 Å². The summed E-state index contributed by atoms with van der Waals surface area (Å²) in [6.45, 7) is 5.03. The molecule has 3 amide bonds. The lowest BCUT2D eigenvalue weighted by molar-refractivity contribution is -0.126. The van der Waals surface area contributed by atoms with Crippen molar-refractivity contribution in [2.75, 3.05) is 26.3 Å². The van der Waals surface area contributed by atoms with Gasteiger partial charge >= 0.3 is 0 Å². The van der Waals surface area contributed by atoms with Crippen LogP contribution in [0.5, 0.6) is 5.75 Å². The van der Waals surface area contributed by atoms with E-state index < -0.39 is 11.9 Å². The van der Waals surface area contributed by atoms with Crippen LogP contribution in [0, 0.1) is 0 Å². The largest absolute Gasteiger partial charge is 0.489 e. The first-order valence-corrected chi connectivity index (χ1v) is 10.9. The number of carbonyl (C=O) groups excluding carboxylic acids is 3. The lowest BCUT2D eigenvalue weighted by Crippen LogP contribution is -2.40. The number of benzene rings is 2. The smallest absolute Gasteiger partial charge is 0.255 e. The number of hydrogen-bond donors (Lipinski definition) is 1. The fraction of sp³-hybridized carbons (Fsp3) is 0.375. The fourth-order valence-electron chi connectivity index (χ4n) is 4.42. The first kappa shape index (κ1) is 20.7. The molecule has 0 bridgehead atoms. The molecule has 3 aliphatic heterocycles. The van der Waals surface area contributed by atoms with Crippen molar-refractivity contribution in [3.8, 4) is 5.75 Å². The highest BCUT2D eigenvalue weighted by Gasteiger charge is 2.42. The van der Waals surface area contributed by atoms with E-state index in [0.717, 1.165) is 44.0 Å². The number of imide groups is 1. The van der Waals surface area contributed by atoms with Crippen LogP contribution in [0.2, 0.25) is 0 Å². The molecule has 1 N–H and O–H groups in total. The van der Waals surface area contributed by atoms with E-state index in [2.05, 4.69) is 34.5 Å². The monoisotopic (exact) mass is 435 g/mol. The summed E-state index contributed by atoms with van der Waals surface area (Å²) in [4.78, 5) is 40.3. The Labute approximate surface area is 186 Å². The number of ether oxygens (including phenoxy) is 2. The van der Waals surface area contributed by atoms with Crippen LogP contribution in [0.3, 0.4) is 0 Å². The summed E-state index contributed by atoms with van der Waals surface area (Å²) in [5, 5.41) is 2.27. The predicted molar refractivity (Wildman–Crippen MR) is 115 cm³/mol. The van der Waals surface area contributed by atoms with Gasteiger partial charge in [0.25, 0.3) is 5.91 Å². The molecule has 0 radical (unpaired) electrons. The van der Waals surface area contributed by atoms with E-state index >= 15 is 0 Å². The third-order valence-electron chi connectivity index (χ3n) is 6.20. The van der Waals surface area contributed by atoms with Gasteiger partial charge in [-0.15, -0.1) is 0 Å². The third kappa shape index (κ3) is 4.11. The second-order valence-corrected chi connectivity index (χ2v) is 8.34. The van der Waals surface area contributed by atoms with E-state index in [1.165, 1.54) is 10.5 Å². The zero-order valence-corrected chi connectivity index (χ0v) is 17.7. The molecule has 0 aromatic heterocycles. The van der Waals surface area contributed by atoms with Crippen LogP contribution in [0.1, 0.15) is 33.5 Å². The predicted octanol–water partition coefficient (Wildman–Crippen LogP) is 1.47. The quantitative estimate of drug-likeness (QED) is 0.692. The maximum absolute atomic E-state index is 12.8. The molecule has 166 valence electrons. The molecule has 0 saturated carbocycles. The molecule has 2 fully saturated rings. The van der Waals surface area contributed by atoms with Crippen LogP contribution in [0.25, 0.3) is 0 Å². The van der Waals surface area contributed by atoms with E-state index in [1.54, 1.807) is 12.1 Å². The van der Waals surface area contributed by atoms with Crippen molar-refractivity contribution in [1.82, 2.24) is 15.1 Å². The topological polar surface area (TPSA) is 88.2 Å². The van der Waals surface area contributed by atoms with Gasteiger partial charge in [0, 0.05) is 30.8 Å². The molecule has 8 heteroatoms. The molecule has 5 rings (SSSR count). The van der Waals surface area contributed by atoms with E-state index in [0.29, 0.717) is 17.9 Å². The van der Waals surface area contributed by atoms with Crippen molar-refractivity contribution in [1.29, 1.82) is 0 Å². The summed E-state index contributed by atoms with van der Waals surface area (Å²) < 4.78 is 11.5. The van der Waals surface area contributed by atoms with Gasteiger partial charge in [0.15, 0.2) is 0 Å². The summed E-state index contributed by atoms with van der Waals surface area (Å²) in [7, 11) is 0. The van der Waals surface area contributed by atoms with Crippen LogP contribution in [-0.4, -0.2) is 59.9 Å². The maximum Gasteiger partial charge on any atom is 0.255 e. The molecule has 0 aliphatic carbocycles. The van der Waals surface area contributed by atoms with E-state index in [4.69, 9.17) is 9.47 Å². The molecule has 3 heterocycles. The zero-order valence-electron chi connectivity index (χ0n) is 17.7. The summed E-state index contributed by atoms with van der Waals surface area (Å²) >= 11 is 0. The van der Waals surface area contributed by atoms with Gasteiger partial charge in [0.05, 0.1) is 26.2 Å². The van der Waals surface area contributed by atoms with Gasteiger partial charge < -0.3 is 14.4 Å². The molecule has 0 spiro atoms. The van der Waals surface area contributed by atoms with Gasteiger partial charge in [-0.2, -0.15) is 0 Å². The first-order chi connectivity index (χ1) is 15.6. The van der Waals surface area contributed by atoms with Crippen LogP contribution >= 0.6 is 0 Å². The zero-order chi connectivity index (χ0) is 22.1. The lowest BCUT2D eigenvalue weighted by atomic mass is 10.1. The van der Waals surface area contributed by atoms with Crippen molar-refractivity contribution < 1.29 is 23.9 Å². The van der Waals surface area contributed by atoms with E-state index in [9.17, 15) is 14.4 Å². The first-order valence-electron chi connectivity index (χ1n) is 10.9. The van der Waals surface area contributed by atoms with Crippen molar-refractivity contribution >= 4 is 17.7 Å². The molecular weight excluding hydrogens is 410 g/mol. The van der Waals surface area contributed by atoms with Crippen molar-refractivity contribution in [2.24, 2.45) is 0 Å². The highest BCUT2D eigenvalue weighted by molar-refractivity contribution is 6.09. The Hall–Kier alpha value is -3.23. The minimum Gasteiger partial charge on any atom is -0.489 e. The number of rotatable bonds is 6. The lowest BCUT2D eigenvalue weighted by Gasteiger charge is -2.26. The number of amides is 3. The minimum atomic E-state index is -0.755. The third-order valence-corrected chi connectivity index (χ3v) is 6.20. The highest BCUT2D eigenvalue weighted by atomic mass is 16.5. The van der Waals surface area contributed by atoms with E-state index in [-0.39, 0.29) is 24.8 Å². The van der Waals surface area contributed by atoms with Gasteiger partial charge in [0.1, 0.15) is 18.4 Å². The summed E-state index contributed by atoms with van der Waals surface area (Å²) in [6.07, 6.45) is 0.00551. The molecule has 2 saturated heterocycles. The standard InChI is InChI=1S/C24H25N3O5/c28-22-12-20(23(29)25-22)27-14-19-18(24(27)30)2-1-3-21(19)32-15-17-6-4-16(5-7-17)13-26-8-10-31-11-9-26/h1-7,20H,8-15H2,(H,25,28,29). The van der Waals surface area contributed by atoms with Crippen LogP contribution in [-0.2, 0) is 34.0 Å². The second kappa shape index (κ2) is 8.72. The summed E-state index contributed by atoms with van der Waals surface area (Å²) in [5.74, 6) is -0.388. The molecule has 2 aromatic carbocycles. The highest BCUT2D eigenvalue weighted by Crippen LogP contribution is 2.33. The van der Waals surface area contributed by atoms with Gasteiger partial charge in [-0.3, -0.25) is 24.6 Å². The van der Waals surface area contributed by atoms with Crippen molar-refractivity contribution in [3.05, 3.63) is 64.7 Å². The maximum atomic E-state index is 12.8. The Bertz CT molecular complexity index is 1050. The normalized spacial score (nSPS) is 21.1. The molecule has 3 aliphatic rings. The van der Waals surface area contributed by atoms with Gasteiger partial charge in [0.2, 0.25) is 11.8 Å². The molecule has 2 aromatic rings. The number of hydrogen-bond acceptors (Lipinski definition) is 6. The SMILES string of the molecule is O=C1CC(N2Cc3c(OCc4ccc(CN5CCOCC5)cc4)cccc3C2=O)C(=O)N1. The number of morpholine rings is 1. The summed E-state index contributed by atoms with van der Waals surface area (Å²) in [6, 6.07) is 12.9. The van der Waals surface area contributed by atoms with Gasteiger partial charge in [-0.25, -0.2) is 0 Å². The Kier molecular flexibility index (Phi) is 5.63. The summed E-state index contributed by atoms with van der Waals surface area (Å²) in [5.41, 5.74) is 3.57. The molecule has 8 nitrogen and oxygen atoms in total. The Morgan fingerprint density at radius 2 is 1.75 bits per heavy atom. The Morgan fingerprint density at radius 3 is 2.47 bits per heavy atom. The van der Waals surface area contributed by atoms with E-state index in [1.807, 2.05) is 6.07 Å². The molecule has 1 unspecified atom stereocenters.